The molecule has 0 radical (unpaired) electrons. The zero-order chi connectivity index (χ0) is 23.7. The highest BCUT2D eigenvalue weighted by molar-refractivity contribution is 7.13. The van der Waals surface area contributed by atoms with Gasteiger partial charge in [-0.1, -0.05) is 6.07 Å². The minimum absolute atomic E-state index is 0.00979. The topological polar surface area (TPSA) is 87.2 Å². The number of fused-ring (bicyclic) bond motifs is 3. The number of aromatic nitrogens is 2. The Morgan fingerprint density at radius 3 is 2.68 bits per heavy atom. The zero-order valence-electron chi connectivity index (χ0n) is 19.5. The summed E-state index contributed by atoms with van der Waals surface area (Å²) in [5.41, 5.74) is 3.46. The standard InChI is InChI=1S/C26H29N5O2S/c1-16(32)18-5-7-20(8-6-18)30-26(33)27-14-21-12-19-9-10-31(21)15-22(19)23-13-24(29-17(2)28-23)25-4-3-11-34-25/h3-8,11,13,19,21-22H,9-10,12,14-15H2,1-2H3,(H2,27,30,33). The fraction of sp³-hybridized carbons (Fsp3) is 0.385. The molecule has 2 bridgehead atoms. The fourth-order valence-corrected chi connectivity index (χ4v) is 5.88. The van der Waals surface area contributed by atoms with Crippen LogP contribution in [-0.2, 0) is 0 Å². The lowest BCUT2D eigenvalue weighted by molar-refractivity contribution is 0.0307. The number of carbonyl (C=O) groups excluding carboxylic acids is 2. The highest BCUT2D eigenvalue weighted by atomic mass is 32.1. The van der Waals surface area contributed by atoms with Crippen LogP contribution in [-0.4, -0.2) is 52.4 Å². The highest BCUT2D eigenvalue weighted by Gasteiger charge is 2.41. The van der Waals surface area contributed by atoms with Gasteiger partial charge in [-0.05, 0) is 80.9 Å². The maximum Gasteiger partial charge on any atom is 0.319 e. The number of hydrogen-bond donors (Lipinski definition) is 2. The number of rotatable bonds is 6. The molecule has 4 unspecified atom stereocenters. The normalized spacial score (nSPS) is 23.5. The second kappa shape index (κ2) is 9.64. The number of carbonyl (C=O) groups is 2. The summed E-state index contributed by atoms with van der Waals surface area (Å²) in [7, 11) is 0. The predicted molar refractivity (Wildman–Crippen MR) is 134 cm³/mol. The smallest absolute Gasteiger partial charge is 0.319 e. The van der Waals surface area contributed by atoms with Crippen molar-refractivity contribution in [2.75, 3.05) is 25.0 Å². The SMILES string of the molecule is CC(=O)c1ccc(NC(=O)NCC2CC3CCN2CC3c2cc(-c3cccs3)nc(C)n2)cc1. The van der Waals surface area contributed by atoms with Crippen molar-refractivity contribution < 1.29 is 9.59 Å². The molecule has 3 aromatic rings. The van der Waals surface area contributed by atoms with Gasteiger partial charge in [-0.3, -0.25) is 9.69 Å². The molecule has 5 heterocycles. The van der Waals surface area contributed by atoms with Crippen LogP contribution in [0, 0.1) is 12.8 Å². The second-order valence-corrected chi connectivity index (χ2v) is 10.2. The molecule has 0 aliphatic carbocycles. The number of urea groups is 1. The van der Waals surface area contributed by atoms with E-state index < -0.39 is 0 Å². The molecule has 2 amide bonds. The van der Waals surface area contributed by atoms with Crippen LogP contribution in [0.3, 0.4) is 0 Å². The molecule has 2 aromatic heterocycles. The van der Waals surface area contributed by atoms with E-state index in [4.69, 9.17) is 4.98 Å². The van der Waals surface area contributed by atoms with Gasteiger partial charge >= 0.3 is 6.03 Å². The average Bonchev–Trinajstić information content (AvgIpc) is 3.38. The first-order chi connectivity index (χ1) is 16.5. The number of thiophene rings is 1. The molecule has 0 spiro atoms. The molecule has 1 aromatic carbocycles. The number of nitrogens with zero attached hydrogens (tertiary/aromatic N) is 3. The van der Waals surface area contributed by atoms with E-state index in [1.807, 2.05) is 6.92 Å². The summed E-state index contributed by atoms with van der Waals surface area (Å²) in [5, 5.41) is 7.97. The molecule has 3 aliphatic rings. The van der Waals surface area contributed by atoms with Gasteiger partial charge in [0.2, 0.25) is 0 Å². The number of amides is 2. The summed E-state index contributed by atoms with van der Waals surface area (Å²) >= 11 is 1.71. The fourth-order valence-electron chi connectivity index (χ4n) is 5.19. The van der Waals surface area contributed by atoms with Crippen molar-refractivity contribution in [2.45, 2.75) is 38.6 Å². The summed E-state index contributed by atoms with van der Waals surface area (Å²) in [6.07, 6.45) is 2.21. The Balaban J connectivity index is 1.19. The molecule has 2 N–H and O–H groups in total. The Kier molecular flexibility index (Phi) is 6.43. The van der Waals surface area contributed by atoms with E-state index in [-0.39, 0.29) is 11.8 Å². The molecule has 4 atom stereocenters. The molecule has 3 aliphatic heterocycles. The lowest BCUT2D eigenvalue weighted by Gasteiger charge is -2.49. The number of benzene rings is 1. The van der Waals surface area contributed by atoms with Crippen LogP contribution in [0.1, 0.15) is 47.6 Å². The number of anilines is 1. The van der Waals surface area contributed by atoms with Crippen LogP contribution in [0.5, 0.6) is 0 Å². The van der Waals surface area contributed by atoms with Crippen LogP contribution >= 0.6 is 11.3 Å². The molecule has 7 nitrogen and oxygen atoms in total. The minimum atomic E-state index is -0.221. The van der Waals surface area contributed by atoms with Crippen molar-refractivity contribution in [3.8, 4) is 10.6 Å². The van der Waals surface area contributed by atoms with E-state index in [2.05, 4.69) is 44.1 Å². The molecule has 176 valence electrons. The first-order valence-electron chi connectivity index (χ1n) is 11.8. The Bertz CT molecular complexity index is 1180. The quantitative estimate of drug-likeness (QED) is 0.504. The zero-order valence-corrected chi connectivity index (χ0v) is 20.3. The first kappa shape index (κ1) is 22.7. The molecule has 3 saturated heterocycles. The molecule has 34 heavy (non-hydrogen) atoms. The third kappa shape index (κ3) is 4.88. The lowest BCUT2D eigenvalue weighted by Crippen LogP contribution is -2.56. The Labute approximate surface area is 203 Å². The van der Waals surface area contributed by atoms with Gasteiger partial charge in [-0.25, -0.2) is 14.8 Å². The maximum atomic E-state index is 12.4. The van der Waals surface area contributed by atoms with E-state index in [0.717, 1.165) is 43.1 Å². The molecule has 3 fully saturated rings. The van der Waals surface area contributed by atoms with Gasteiger partial charge in [-0.15, -0.1) is 11.3 Å². The van der Waals surface area contributed by atoms with Gasteiger partial charge in [0, 0.05) is 42.0 Å². The number of aryl methyl sites for hydroxylation is 1. The molecular weight excluding hydrogens is 446 g/mol. The van der Waals surface area contributed by atoms with Crippen LogP contribution in [0.15, 0.2) is 47.8 Å². The monoisotopic (exact) mass is 475 g/mol. The highest BCUT2D eigenvalue weighted by Crippen LogP contribution is 2.41. The summed E-state index contributed by atoms with van der Waals surface area (Å²) in [4.78, 5) is 37.0. The predicted octanol–water partition coefficient (Wildman–Crippen LogP) is 4.72. The van der Waals surface area contributed by atoms with E-state index >= 15 is 0 Å². The van der Waals surface area contributed by atoms with Crippen molar-refractivity contribution >= 4 is 28.8 Å². The molecule has 8 heteroatoms. The van der Waals surface area contributed by atoms with E-state index in [0.29, 0.717) is 35.7 Å². The van der Waals surface area contributed by atoms with Gasteiger partial charge in [0.15, 0.2) is 5.78 Å². The van der Waals surface area contributed by atoms with E-state index in [9.17, 15) is 9.59 Å². The van der Waals surface area contributed by atoms with Gasteiger partial charge in [0.1, 0.15) is 5.82 Å². The van der Waals surface area contributed by atoms with E-state index in [1.165, 1.54) is 11.8 Å². The van der Waals surface area contributed by atoms with Crippen molar-refractivity contribution in [3.63, 3.8) is 0 Å². The average molecular weight is 476 g/mol. The van der Waals surface area contributed by atoms with Gasteiger partial charge in [0.25, 0.3) is 0 Å². The summed E-state index contributed by atoms with van der Waals surface area (Å²) in [6, 6.07) is 13.4. The Morgan fingerprint density at radius 2 is 2.00 bits per heavy atom. The van der Waals surface area contributed by atoms with Crippen LogP contribution in [0.25, 0.3) is 10.6 Å². The summed E-state index contributed by atoms with van der Waals surface area (Å²) in [5.74, 6) is 1.79. The number of ketones is 1. The third-order valence-electron chi connectivity index (χ3n) is 6.94. The van der Waals surface area contributed by atoms with Gasteiger partial charge in [0.05, 0.1) is 10.6 Å². The maximum absolute atomic E-state index is 12.4. The third-order valence-corrected chi connectivity index (χ3v) is 7.83. The van der Waals surface area contributed by atoms with Gasteiger partial charge in [-0.2, -0.15) is 0 Å². The van der Waals surface area contributed by atoms with Crippen molar-refractivity contribution in [2.24, 2.45) is 5.92 Å². The van der Waals surface area contributed by atoms with Crippen molar-refractivity contribution in [1.82, 2.24) is 20.2 Å². The number of nitrogens with one attached hydrogen (secondary N) is 2. The molecular formula is C26H29N5O2S. The first-order valence-corrected chi connectivity index (χ1v) is 12.6. The minimum Gasteiger partial charge on any atom is -0.336 e. The van der Waals surface area contributed by atoms with Crippen LogP contribution in [0.4, 0.5) is 10.5 Å². The molecule has 6 rings (SSSR count). The van der Waals surface area contributed by atoms with Crippen molar-refractivity contribution in [1.29, 1.82) is 0 Å². The van der Waals surface area contributed by atoms with Crippen LogP contribution < -0.4 is 10.6 Å². The summed E-state index contributed by atoms with van der Waals surface area (Å²) < 4.78 is 0. The molecule has 0 saturated carbocycles. The number of Topliss-reactive ketones (excluding diaryl/α,β-unsaturated/α-hetero) is 1. The summed E-state index contributed by atoms with van der Waals surface area (Å²) in [6.45, 7) is 6.14. The van der Waals surface area contributed by atoms with Crippen molar-refractivity contribution in [3.05, 3.63) is 64.9 Å². The van der Waals surface area contributed by atoms with Crippen LogP contribution in [0.2, 0.25) is 0 Å². The van der Waals surface area contributed by atoms with E-state index in [1.54, 1.807) is 35.6 Å². The Morgan fingerprint density at radius 1 is 1.18 bits per heavy atom. The Hall–Kier alpha value is -3.10. The largest absolute Gasteiger partial charge is 0.336 e. The number of hydrogen-bond acceptors (Lipinski definition) is 6. The number of piperidine rings is 3. The second-order valence-electron chi connectivity index (χ2n) is 9.21. The lowest BCUT2D eigenvalue weighted by atomic mass is 9.74. The van der Waals surface area contributed by atoms with Gasteiger partial charge < -0.3 is 10.6 Å².